The highest BCUT2D eigenvalue weighted by atomic mass is 35.5. The Balaban J connectivity index is 2.17. The summed E-state index contributed by atoms with van der Waals surface area (Å²) in [7, 11) is 0. The lowest BCUT2D eigenvalue weighted by Gasteiger charge is -2.18. The van der Waals surface area contributed by atoms with E-state index in [2.05, 4.69) is 16.8 Å². The molecule has 1 fully saturated rings. The van der Waals surface area contributed by atoms with E-state index in [0.29, 0.717) is 10.7 Å². The summed E-state index contributed by atoms with van der Waals surface area (Å²) in [4.78, 5) is 6.54. The first-order valence-electron chi connectivity index (χ1n) is 5.36. The number of nitrogens with zero attached hydrogens (tertiary/aromatic N) is 2. The van der Waals surface area contributed by atoms with Crippen LogP contribution in [0.3, 0.4) is 0 Å². The lowest BCUT2D eigenvalue weighted by Crippen LogP contribution is -2.21. The van der Waals surface area contributed by atoms with Gasteiger partial charge in [0.05, 0.1) is 16.9 Å². The summed E-state index contributed by atoms with van der Waals surface area (Å²) < 4.78 is 0. The fourth-order valence-electron chi connectivity index (χ4n) is 2.04. The van der Waals surface area contributed by atoms with Crippen LogP contribution in [-0.4, -0.2) is 18.1 Å². The molecular formula is C11H16ClN3. The molecule has 3 nitrogen and oxygen atoms in total. The van der Waals surface area contributed by atoms with Crippen molar-refractivity contribution in [2.45, 2.75) is 19.8 Å². The molecule has 2 N–H and O–H groups in total. The van der Waals surface area contributed by atoms with Gasteiger partial charge in [-0.15, -0.1) is 0 Å². The van der Waals surface area contributed by atoms with Crippen molar-refractivity contribution in [3.63, 3.8) is 0 Å². The molecule has 0 saturated carbocycles. The van der Waals surface area contributed by atoms with Crippen LogP contribution in [0.5, 0.6) is 0 Å². The quantitative estimate of drug-likeness (QED) is 0.841. The number of hydrogen-bond donors (Lipinski definition) is 1. The molecule has 1 saturated heterocycles. The number of pyridine rings is 1. The van der Waals surface area contributed by atoms with Crippen molar-refractivity contribution >= 4 is 23.1 Å². The highest BCUT2D eigenvalue weighted by Crippen LogP contribution is 2.30. The maximum atomic E-state index is 6.12. The molecule has 2 rings (SSSR count). The van der Waals surface area contributed by atoms with E-state index in [1.54, 1.807) is 12.3 Å². The smallest absolute Gasteiger partial charge is 0.147 e. The summed E-state index contributed by atoms with van der Waals surface area (Å²) in [5.41, 5.74) is 6.23. The Morgan fingerprint density at radius 2 is 2.47 bits per heavy atom. The second kappa shape index (κ2) is 4.27. The van der Waals surface area contributed by atoms with E-state index in [-0.39, 0.29) is 0 Å². The monoisotopic (exact) mass is 225 g/mol. The summed E-state index contributed by atoms with van der Waals surface area (Å²) in [6.07, 6.45) is 4.13. The summed E-state index contributed by atoms with van der Waals surface area (Å²) in [6, 6.07) is 1.77. The Hall–Kier alpha value is -0.960. The second-order valence-corrected chi connectivity index (χ2v) is 4.49. The van der Waals surface area contributed by atoms with E-state index < -0.39 is 0 Å². The number of nitrogens with two attached hydrogens (primary N) is 1. The Morgan fingerprint density at radius 3 is 3.07 bits per heavy atom. The largest absolute Gasteiger partial charge is 0.397 e. The zero-order chi connectivity index (χ0) is 10.8. The van der Waals surface area contributed by atoms with Crippen molar-refractivity contribution in [2.24, 2.45) is 5.92 Å². The Labute approximate surface area is 95.2 Å². The molecule has 0 radical (unpaired) electrons. The Bertz CT molecular complexity index is 354. The van der Waals surface area contributed by atoms with E-state index in [9.17, 15) is 0 Å². The maximum Gasteiger partial charge on any atom is 0.147 e. The fraction of sp³-hybridized carbons (Fsp3) is 0.545. The lowest BCUT2D eigenvalue weighted by atomic mass is 10.1. The minimum atomic E-state index is 0.620. The minimum Gasteiger partial charge on any atom is -0.397 e. The van der Waals surface area contributed by atoms with Gasteiger partial charge in [-0.3, -0.25) is 0 Å². The summed E-state index contributed by atoms with van der Waals surface area (Å²) in [5, 5.41) is 0.659. The van der Waals surface area contributed by atoms with Crippen LogP contribution >= 0.6 is 11.6 Å². The first kappa shape index (κ1) is 10.6. The molecule has 1 unspecified atom stereocenters. The molecule has 15 heavy (non-hydrogen) atoms. The van der Waals surface area contributed by atoms with E-state index >= 15 is 0 Å². The third-order valence-corrected chi connectivity index (χ3v) is 3.28. The molecule has 1 aromatic rings. The maximum absolute atomic E-state index is 6.12. The van der Waals surface area contributed by atoms with E-state index in [0.717, 1.165) is 24.8 Å². The lowest BCUT2D eigenvalue weighted by molar-refractivity contribution is 0.569. The van der Waals surface area contributed by atoms with Crippen molar-refractivity contribution < 1.29 is 0 Å². The van der Waals surface area contributed by atoms with E-state index in [4.69, 9.17) is 17.3 Å². The van der Waals surface area contributed by atoms with Gasteiger partial charge in [0.25, 0.3) is 0 Å². The normalized spacial score (nSPS) is 20.9. The SMILES string of the molecule is CCC1CCN(c2ncc(N)cc2Cl)C1. The highest BCUT2D eigenvalue weighted by molar-refractivity contribution is 6.33. The van der Waals surface area contributed by atoms with Gasteiger partial charge in [0.1, 0.15) is 5.82 Å². The Kier molecular flexibility index (Phi) is 3.00. The highest BCUT2D eigenvalue weighted by Gasteiger charge is 2.23. The summed E-state index contributed by atoms with van der Waals surface area (Å²) in [5.74, 6) is 1.65. The second-order valence-electron chi connectivity index (χ2n) is 4.08. The molecule has 0 aromatic carbocycles. The molecule has 1 aliphatic heterocycles. The molecule has 0 amide bonds. The Morgan fingerprint density at radius 1 is 1.67 bits per heavy atom. The van der Waals surface area contributed by atoms with Crippen LogP contribution in [-0.2, 0) is 0 Å². The third-order valence-electron chi connectivity index (χ3n) is 3.01. The van der Waals surface area contributed by atoms with Gasteiger partial charge in [-0.2, -0.15) is 0 Å². The molecule has 0 spiro atoms. The van der Waals surface area contributed by atoms with Gasteiger partial charge in [-0.1, -0.05) is 24.9 Å². The van der Waals surface area contributed by atoms with Gasteiger partial charge in [-0.25, -0.2) is 4.98 Å². The first-order chi connectivity index (χ1) is 7.20. The summed E-state index contributed by atoms with van der Waals surface area (Å²) in [6.45, 7) is 4.34. The number of hydrogen-bond acceptors (Lipinski definition) is 3. The van der Waals surface area contributed by atoms with Crippen LogP contribution in [0, 0.1) is 5.92 Å². The third kappa shape index (κ3) is 2.17. The molecule has 1 aromatic heterocycles. The number of rotatable bonds is 2. The van der Waals surface area contributed by atoms with Crippen molar-refractivity contribution in [1.82, 2.24) is 4.98 Å². The molecule has 1 aliphatic rings. The number of anilines is 2. The van der Waals surface area contributed by atoms with Crippen LogP contribution in [0.15, 0.2) is 12.3 Å². The molecule has 82 valence electrons. The molecule has 2 heterocycles. The van der Waals surface area contributed by atoms with Gasteiger partial charge in [0, 0.05) is 13.1 Å². The molecule has 4 heteroatoms. The molecule has 0 aliphatic carbocycles. The number of aromatic nitrogens is 1. The standard InChI is InChI=1S/C11H16ClN3/c1-2-8-3-4-15(7-8)11-10(12)5-9(13)6-14-11/h5-6,8H,2-4,7,13H2,1H3. The number of nitrogen functional groups attached to an aromatic ring is 1. The zero-order valence-electron chi connectivity index (χ0n) is 8.91. The average molecular weight is 226 g/mol. The topological polar surface area (TPSA) is 42.2 Å². The van der Waals surface area contributed by atoms with E-state index in [1.807, 2.05) is 0 Å². The first-order valence-corrected chi connectivity index (χ1v) is 5.74. The van der Waals surface area contributed by atoms with Gasteiger partial charge in [-0.05, 0) is 18.4 Å². The zero-order valence-corrected chi connectivity index (χ0v) is 9.67. The van der Waals surface area contributed by atoms with Crippen LogP contribution in [0.2, 0.25) is 5.02 Å². The van der Waals surface area contributed by atoms with Gasteiger partial charge in [0.2, 0.25) is 0 Å². The predicted octanol–water partition coefficient (Wildman–Crippen LogP) is 2.55. The van der Waals surface area contributed by atoms with Crippen molar-refractivity contribution in [2.75, 3.05) is 23.7 Å². The average Bonchev–Trinajstić information content (AvgIpc) is 2.66. The van der Waals surface area contributed by atoms with Crippen molar-refractivity contribution in [3.05, 3.63) is 17.3 Å². The fourth-order valence-corrected chi connectivity index (χ4v) is 2.33. The van der Waals surface area contributed by atoms with Crippen LogP contribution in [0.25, 0.3) is 0 Å². The van der Waals surface area contributed by atoms with Gasteiger partial charge >= 0.3 is 0 Å². The van der Waals surface area contributed by atoms with Crippen LogP contribution < -0.4 is 10.6 Å². The molecular weight excluding hydrogens is 210 g/mol. The van der Waals surface area contributed by atoms with Crippen LogP contribution in [0.1, 0.15) is 19.8 Å². The van der Waals surface area contributed by atoms with Crippen molar-refractivity contribution in [3.8, 4) is 0 Å². The summed E-state index contributed by atoms with van der Waals surface area (Å²) >= 11 is 6.12. The van der Waals surface area contributed by atoms with E-state index in [1.165, 1.54) is 12.8 Å². The molecule has 1 atom stereocenters. The molecule has 0 bridgehead atoms. The predicted molar refractivity (Wildman–Crippen MR) is 64.3 cm³/mol. The minimum absolute atomic E-state index is 0.620. The van der Waals surface area contributed by atoms with Gasteiger partial charge < -0.3 is 10.6 Å². The number of halogens is 1. The van der Waals surface area contributed by atoms with Crippen LogP contribution in [0.4, 0.5) is 11.5 Å². The van der Waals surface area contributed by atoms with Crippen molar-refractivity contribution in [1.29, 1.82) is 0 Å². The van der Waals surface area contributed by atoms with Gasteiger partial charge in [0.15, 0.2) is 0 Å².